The van der Waals surface area contributed by atoms with Gasteiger partial charge >= 0.3 is 12.0 Å². The van der Waals surface area contributed by atoms with Crippen molar-refractivity contribution in [2.75, 3.05) is 18.0 Å². The molecule has 160 valence electrons. The van der Waals surface area contributed by atoms with Crippen LogP contribution in [0.5, 0.6) is 11.8 Å². The molecule has 1 fully saturated rings. The van der Waals surface area contributed by atoms with Gasteiger partial charge in [0, 0.05) is 20.1 Å². The highest BCUT2D eigenvalue weighted by atomic mass is 16.5. The summed E-state index contributed by atoms with van der Waals surface area (Å²) in [6, 6.07) is 6.19. The van der Waals surface area contributed by atoms with E-state index in [1.807, 2.05) is 4.57 Å². The predicted molar refractivity (Wildman–Crippen MR) is 116 cm³/mol. The molecule has 3 aromatic rings. The van der Waals surface area contributed by atoms with Gasteiger partial charge in [-0.25, -0.2) is 4.79 Å². The van der Waals surface area contributed by atoms with E-state index in [-0.39, 0.29) is 28.5 Å². The zero-order chi connectivity index (χ0) is 22.0. The number of piperidine rings is 1. The van der Waals surface area contributed by atoms with Crippen molar-refractivity contribution in [2.45, 2.75) is 32.7 Å². The molecule has 9 heteroatoms. The third-order valence-corrected chi connectivity index (χ3v) is 5.30. The number of anilines is 1. The number of nitrogens with zero attached hydrogens (tertiary/aromatic N) is 5. The second-order valence-corrected chi connectivity index (χ2v) is 7.31. The van der Waals surface area contributed by atoms with Gasteiger partial charge < -0.3 is 14.7 Å². The fraction of sp³-hybridized carbons (Fsp3) is 0.364. The Labute approximate surface area is 178 Å². The number of aromatic carboxylic acids is 1. The van der Waals surface area contributed by atoms with Gasteiger partial charge in [0.2, 0.25) is 5.95 Å². The van der Waals surface area contributed by atoms with Crippen molar-refractivity contribution in [1.29, 1.82) is 0 Å². The summed E-state index contributed by atoms with van der Waals surface area (Å²) >= 11 is 0. The van der Waals surface area contributed by atoms with Crippen LogP contribution in [0.25, 0.3) is 11.2 Å². The number of hydrogen-bond acceptors (Lipinski definition) is 6. The Morgan fingerprint density at radius 3 is 2.65 bits per heavy atom. The minimum absolute atomic E-state index is 0.0189. The van der Waals surface area contributed by atoms with Crippen LogP contribution in [0, 0.1) is 11.8 Å². The first kappa shape index (κ1) is 20.5. The maximum atomic E-state index is 13.2. The molecular weight excluding hydrogens is 398 g/mol. The van der Waals surface area contributed by atoms with Crippen molar-refractivity contribution in [3.05, 3.63) is 40.2 Å². The maximum Gasteiger partial charge on any atom is 0.339 e. The molecule has 2 aromatic heterocycles. The molecule has 4 rings (SSSR count). The first-order chi connectivity index (χ1) is 15.0. The molecular formula is C22H23N5O4. The van der Waals surface area contributed by atoms with Crippen LogP contribution in [0.1, 0.15) is 36.5 Å². The highest BCUT2D eigenvalue weighted by Gasteiger charge is 2.24. The molecule has 3 heterocycles. The minimum atomic E-state index is -1.13. The van der Waals surface area contributed by atoms with Gasteiger partial charge in [-0.3, -0.25) is 13.9 Å². The van der Waals surface area contributed by atoms with Crippen molar-refractivity contribution >= 4 is 23.1 Å². The standard InChI is InChI=1S/C22H23N5O4/c1-3-4-14-27-17-18(23-21(27)26-12-8-5-9-13-26)24-22(25(2)19(17)28)31-16-11-7-6-10-15(16)20(29)30/h6-7,10-11H,5,8-9,12-14H2,1-2H3,(H,29,30). The molecule has 0 spiro atoms. The second-order valence-electron chi connectivity index (χ2n) is 7.31. The van der Waals surface area contributed by atoms with Crippen molar-refractivity contribution in [2.24, 2.45) is 7.05 Å². The number of rotatable bonds is 5. The predicted octanol–water partition coefficient (Wildman–Crippen LogP) is 2.63. The summed E-state index contributed by atoms with van der Waals surface area (Å²) in [7, 11) is 1.54. The normalized spacial score (nSPS) is 13.7. The van der Waals surface area contributed by atoms with Crippen LogP contribution in [-0.2, 0) is 13.6 Å². The molecule has 0 radical (unpaired) electrons. The Morgan fingerprint density at radius 1 is 1.19 bits per heavy atom. The number of imidazole rings is 1. The number of benzene rings is 1. The molecule has 0 bridgehead atoms. The summed E-state index contributed by atoms with van der Waals surface area (Å²) < 4.78 is 8.82. The number of fused-ring (bicyclic) bond motifs is 1. The molecule has 0 amide bonds. The van der Waals surface area contributed by atoms with Crippen LogP contribution in [0.3, 0.4) is 0 Å². The summed E-state index contributed by atoms with van der Waals surface area (Å²) in [5.74, 6) is 5.53. The van der Waals surface area contributed by atoms with E-state index in [0.29, 0.717) is 18.0 Å². The Bertz CT molecular complexity index is 1260. The Kier molecular flexibility index (Phi) is 5.62. The van der Waals surface area contributed by atoms with E-state index >= 15 is 0 Å². The second kappa shape index (κ2) is 8.52. The molecule has 0 aliphatic carbocycles. The minimum Gasteiger partial charge on any atom is -0.478 e. The van der Waals surface area contributed by atoms with Crippen LogP contribution in [0.15, 0.2) is 29.1 Å². The van der Waals surface area contributed by atoms with E-state index in [1.165, 1.54) is 30.2 Å². The zero-order valence-corrected chi connectivity index (χ0v) is 17.5. The average Bonchev–Trinajstić information content (AvgIpc) is 3.15. The number of carbonyl (C=O) groups is 1. The lowest BCUT2D eigenvalue weighted by molar-refractivity contribution is 0.0694. The molecule has 1 aromatic carbocycles. The van der Waals surface area contributed by atoms with Gasteiger partial charge in [-0.1, -0.05) is 18.1 Å². The molecule has 0 atom stereocenters. The summed E-state index contributed by atoms with van der Waals surface area (Å²) in [4.78, 5) is 36.0. The van der Waals surface area contributed by atoms with E-state index in [9.17, 15) is 14.7 Å². The van der Waals surface area contributed by atoms with Gasteiger partial charge in [-0.05, 0) is 38.3 Å². The molecule has 9 nitrogen and oxygen atoms in total. The number of para-hydroxylation sites is 1. The number of ether oxygens (including phenoxy) is 1. The molecule has 0 saturated carbocycles. The van der Waals surface area contributed by atoms with Gasteiger partial charge in [0.1, 0.15) is 11.3 Å². The van der Waals surface area contributed by atoms with Crippen LogP contribution >= 0.6 is 0 Å². The van der Waals surface area contributed by atoms with Gasteiger partial charge in [-0.15, -0.1) is 5.92 Å². The van der Waals surface area contributed by atoms with Crippen molar-refractivity contribution in [1.82, 2.24) is 19.1 Å². The van der Waals surface area contributed by atoms with Crippen LogP contribution in [0.4, 0.5) is 5.95 Å². The SMILES string of the molecule is CC#CCn1c(N2CCCCC2)nc2nc(Oc3ccccc3C(=O)O)n(C)c(=O)c21. The van der Waals surface area contributed by atoms with Crippen molar-refractivity contribution < 1.29 is 14.6 Å². The summed E-state index contributed by atoms with van der Waals surface area (Å²) in [6.07, 6.45) is 3.30. The number of aromatic nitrogens is 4. The van der Waals surface area contributed by atoms with Gasteiger partial charge in [-0.2, -0.15) is 9.97 Å². The highest BCUT2D eigenvalue weighted by molar-refractivity contribution is 5.90. The van der Waals surface area contributed by atoms with Crippen LogP contribution < -0.4 is 15.2 Å². The topological polar surface area (TPSA) is 102 Å². The third kappa shape index (κ3) is 3.84. The van der Waals surface area contributed by atoms with Gasteiger partial charge in [0.25, 0.3) is 5.56 Å². The fourth-order valence-electron chi connectivity index (χ4n) is 3.69. The number of carboxylic acids is 1. The summed E-state index contributed by atoms with van der Waals surface area (Å²) in [5.41, 5.74) is 0.255. The molecule has 1 aliphatic heterocycles. The summed E-state index contributed by atoms with van der Waals surface area (Å²) in [5, 5.41) is 9.40. The zero-order valence-electron chi connectivity index (χ0n) is 17.5. The van der Waals surface area contributed by atoms with E-state index in [2.05, 4.69) is 26.7 Å². The Hall–Kier alpha value is -3.80. The van der Waals surface area contributed by atoms with Crippen molar-refractivity contribution in [3.8, 4) is 23.6 Å². The first-order valence-electron chi connectivity index (χ1n) is 10.1. The number of hydrogen-bond donors (Lipinski definition) is 1. The lowest BCUT2D eigenvalue weighted by atomic mass is 10.1. The third-order valence-electron chi connectivity index (χ3n) is 5.30. The molecule has 1 saturated heterocycles. The van der Waals surface area contributed by atoms with Gasteiger partial charge in [0.15, 0.2) is 11.2 Å². The average molecular weight is 421 g/mol. The molecule has 1 aliphatic rings. The van der Waals surface area contributed by atoms with Crippen LogP contribution in [-0.4, -0.2) is 43.3 Å². The lowest BCUT2D eigenvalue weighted by Gasteiger charge is -2.27. The molecule has 31 heavy (non-hydrogen) atoms. The Morgan fingerprint density at radius 2 is 1.94 bits per heavy atom. The molecule has 0 unspecified atom stereocenters. The molecule has 1 N–H and O–H groups in total. The first-order valence-corrected chi connectivity index (χ1v) is 10.1. The van der Waals surface area contributed by atoms with E-state index < -0.39 is 5.97 Å². The maximum absolute atomic E-state index is 13.2. The number of carboxylic acid groups (broad SMARTS) is 1. The van der Waals surface area contributed by atoms with E-state index in [0.717, 1.165) is 25.9 Å². The smallest absolute Gasteiger partial charge is 0.339 e. The summed E-state index contributed by atoms with van der Waals surface area (Å²) in [6.45, 7) is 3.80. The highest BCUT2D eigenvalue weighted by Crippen LogP contribution is 2.27. The monoisotopic (exact) mass is 421 g/mol. The van der Waals surface area contributed by atoms with Crippen LogP contribution in [0.2, 0.25) is 0 Å². The van der Waals surface area contributed by atoms with E-state index in [4.69, 9.17) is 4.74 Å². The Balaban J connectivity index is 1.85. The fourth-order valence-corrected chi connectivity index (χ4v) is 3.69. The largest absolute Gasteiger partial charge is 0.478 e. The van der Waals surface area contributed by atoms with Gasteiger partial charge in [0.05, 0.1) is 6.54 Å². The lowest BCUT2D eigenvalue weighted by Crippen LogP contribution is -2.32. The van der Waals surface area contributed by atoms with E-state index in [1.54, 1.807) is 19.1 Å². The van der Waals surface area contributed by atoms with Crippen molar-refractivity contribution in [3.63, 3.8) is 0 Å². The quantitative estimate of drug-likeness (QED) is 0.632.